The summed E-state index contributed by atoms with van der Waals surface area (Å²) in [6.45, 7) is 0.436. The number of carboxylic acids is 1. The predicted molar refractivity (Wildman–Crippen MR) is 105 cm³/mol. The number of aliphatic carboxylic acids is 1. The third-order valence-electron chi connectivity index (χ3n) is 4.98. The summed E-state index contributed by atoms with van der Waals surface area (Å²) in [7, 11) is 3.06. The number of nitrogens with zero attached hydrogens (tertiary/aromatic N) is 1. The van der Waals surface area contributed by atoms with Gasteiger partial charge >= 0.3 is 5.97 Å². The Morgan fingerprint density at radius 2 is 1.90 bits per heavy atom. The van der Waals surface area contributed by atoms with Crippen molar-refractivity contribution in [2.24, 2.45) is 0 Å². The highest BCUT2D eigenvalue weighted by Gasteiger charge is 2.32. The van der Waals surface area contributed by atoms with Crippen LogP contribution in [0, 0.1) is 5.82 Å². The van der Waals surface area contributed by atoms with Gasteiger partial charge in [0.2, 0.25) is 5.91 Å². The molecule has 0 aromatic heterocycles. The van der Waals surface area contributed by atoms with Crippen LogP contribution in [0.5, 0.6) is 11.5 Å². The van der Waals surface area contributed by atoms with Crippen molar-refractivity contribution in [3.63, 3.8) is 0 Å². The number of hydrogen-bond acceptors (Lipinski definition) is 5. The lowest BCUT2D eigenvalue weighted by molar-refractivity contribution is -0.139. The van der Waals surface area contributed by atoms with Crippen LogP contribution in [-0.4, -0.2) is 49.2 Å². The maximum atomic E-state index is 13.8. The number of amides is 1. The van der Waals surface area contributed by atoms with Gasteiger partial charge in [0.15, 0.2) is 11.5 Å². The second-order valence-corrected chi connectivity index (χ2v) is 6.77. The van der Waals surface area contributed by atoms with Crippen molar-refractivity contribution in [2.75, 3.05) is 32.6 Å². The Labute approximate surface area is 168 Å². The van der Waals surface area contributed by atoms with Gasteiger partial charge in [-0.05, 0) is 41.8 Å². The van der Waals surface area contributed by atoms with Gasteiger partial charge in [0.1, 0.15) is 5.82 Å². The van der Waals surface area contributed by atoms with E-state index in [1.807, 2.05) is 6.07 Å². The molecule has 3 rings (SSSR count). The summed E-state index contributed by atoms with van der Waals surface area (Å²) in [5.74, 6) is -0.833. The molecule has 2 N–H and O–H groups in total. The number of anilines is 1. The second kappa shape index (κ2) is 8.91. The number of benzene rings is 2. The van der Waals surface area contributed by atoms with Crippen LogP contribution < -0.4 is 14.8 Å². The summed E-state index contributed by atoms with van der Waals surface area (Å²) in [6, 6.07) is 9.01. The highest BCUT2D eigenvalue weighted by molar-refractivity contribution is 5.92. The number of carboxylic acid groups (broad SMARTS) is 1. The number of rotatable bonds is 7. The molecule has 0 fully saturated rings. The number of carbonyl (C=O) groups is 2. The van der Waals surface area contributed by atoms with E-state index in [1.165, 1.54) is 25.3 Å². The van der Waals surface area contributed by atoms with Crippen LogP contribution >= 0.6 is 0 Å². The van der Waals surface area contributed by atoms with Crippen LogP contribution in [0.4, 0.5) is 10.1 Å². The largest absolute Gasteiger partial charge is 0.493 e. The molecule has 154 valence electrons. The first-order valence-corrected chi connectivity index (χ1v) is 9.18. The summed E-state index contributed by atoms with van der Waals surface area (Å²) in [6.07, 6.45) is 0.453. The van der Waals surface area contributed by atoms with E-state index in [-0.39, 0.29) is 18.7 Å². The lowest BCUT2D eigenvalue weighted by atomic mass is 9.90. The van der Waals surface area contributed by atoms with Crippen LogP contribution in [-0.2, 0) is 16.0 Å². The number of carbonyl (C=O) groups excluding carboxylic acids is 1. The van der Waals surface area contributed by atoms with Crippen molar-refractivity contribution in [1.82, 2.24) is 4.90 Å². The molecule has 2 aromatic rings. The average molecular weight is 402 g/mol. The van der Waals surface area contributed by atoms with E-state index >= 15 is 0 Å². The Balaban J connectivity index is 1.84. The number of fused-ring (bicyclic) bond motifs is 1. The molecule has 2 aromatic carbocycles. The van der Waals surface area contributed by atoms with Crippen LogP contribution in [0.25, 0.3) is 0 Å². The zero-order valence-electron chi connectivity index (χ0n) is 16.3. The van der Waals surface area contributed by atoms with E-state index in [1.54, 1.807) is 24.1 Å². The smallest absolute Gasteiger partial charge is 0.305 e. The molecular weight excluding hydrogens is 379 g/mol. The molecule has 29 heavy (non-hydrogen) atoms. The summed E-state index contributed by atoms with van der Waals surface area (Å²) < 4.78 is 24.5. The Morgan fingerprint density at radius 3 is 2.55 bits per heavy atom. The van der Waals surface area contributed by atoms with E-state index < -0.39 is 23.7 Å². The number of para-hydroxylation sites is 1. The van der Waals surface area contributed by atoms with Crippen molar-refractivity contribution in [1.29, 1.82) is 0 Å². The quantitative estimate of drug-likeness (QED) is 0.741. The first-order chi connectivity index (χ1) is 13.9. The summed E-state index contributed by atoms with van der Waals surface area (Å²) >= 11 is 0. The first-order valence-electron chi connectivity index (χ1n) is 9.18. The van der Waals surface area contributed by atoms with E-state index in [2.05, 4.69) is 5.32 Å². The molecule has 1 heterocycles. The van der Waals surface area contributed by atoms with Crippen molar-refractivity contribution in [3.8, 4) is 11.5 Å². The maximum absolute atomic E-state index is 13.8. The maximum Gasteiger partial charge on any atom is 0.305 e. The Kier molecular flexibility index (Phi) is 6.33. The summed E-state index contributed by atoms with van der Waals surface area (Å²) in [5.41, 5.74) is 1.84. The van der Waals surface area contributed by atoms with E-state index in [4.69, 9.17) is 9.47 Å². The topological polar surface area (TPSA) is 88.1 Å². The second-order valence-electron chi connectivity index (χ2n) is 6.77. The molecular formula is C21H23FN2O5. The van der Waals surface area contributed by atoms with Crippen LogP contribution in [0.2, 0.25) is 0 Å². The van der Waals surface area contributed by atoms with Crippen molar-refractivity contribution < 1.29 is 28.6 Å². The van der Waals surface area contributed by atoms with Crippen molar-refractivity contribution in [3.05, 3.63) is 53.3 Å². The number of nitrogens with one attached hydrogen (secondary N) is 1. The lowest BCUT2D eigenvalue weighted by Gasteiger charge is -2.36. The monoisotopic (exact) mass is 402 g/mol. The number of halogens is 1. The number of methoxy groups -OCH3 is 2. The molecule has 7 nitrogen and oxygen atoms in total. The van der Waals surface area contributed by atoms with Gasteiger partial charge in [0, 0.05) is 12.6 Å². The average Bonchev–Trinajstić information content (AvgIpc) is 2.70. The van der Waals surface area contributed by atoms with Gasteiger partial charge in [-0.25, -0.2) is 4.39 Å². The fraction of sp³-hybridized carbons (Fsp3) is 0.333. The highest BCUT2D eigenvalue weighted by atomic mass is 19.1. The van der Waals surface area contributed by atoms with Gasteiger partial charge in [-0.1, -0.05) is 12.1 Å². The first kappa shape index (κ1) is 20.6. The molecule has 0 bridgehead atoms. The minimum Gasteiger partial charge on any atom is -0.493 e. The van der Waals surface area contributed by atoms with Gasteiger partial charge in [0.25, 0.3) is 0 Å². The number of hydrogen-bond donors (Lipinski definition) is 2. The van der Waals surface area contributed by atoms with Crippen LogP contribution in [0.3, 0.4) is 0 Å². The molecule has 0 spiro atoms. The molecule has 0 unspecified atom stereocenters. The van der Waals surface area contributed by atoms with Crippen molar-refractivity contribution >= 4 is 17.6 Å². The molecule has 1 aliphatic rings. The van der Waals surface area contributed by atoms with E-state index in [9.17, 15) is 19.1 Å². The minimum absolute atomic E-state index is 0.0555. The fourth-order valence-electron chi connectivity index (χ4n) is 3.61. The normalized spacial score (nSPS) is 16.0. The SMILES string of the molecule is COc1cc2c(cc1OC)[C@@H](CC(=O)O)N(CC(=O)Nc1ccccc1F)CC2. The molecule has 0 radical (unpaired) electrons. The van der Waals surface area contributed by atoms with Gasteiger partial charge in [-0.15, -0.1) is 0 Å². The summed E-state index contributed by atoms with van der Waals surface area (Å²) in [5, 5.41) is 12.0. The third-order valence-corrected chi connectivity index (χ3v) is 4.98. The Hall–Kier alpha value is -3.13. The minimum atomic E-state index is -0.975. The summed E-state index contributed by atoms with van der Waals surface area (Å²) in [4.78, 5) is 25.8. The van der Waals surface area contributed by atoms with Gasteiger partial charge < -0.3 is 19.9 Å². The standard InChI is InChI=1S/C21H23FN2O5/c1-28-18-9-13-7-8-24(12-20(25)23-16-6-4-3-5-15(16)22)17(11-21(26)27)14(13)10-19(18)29-2/h3-6,9-10,17H,7-8,11-12H2,1-2H3,(H,23,25)(H,26,27)/t17-/m1/s1. The lowest BCUT2D eigenvalue weighted by Crippen LogP contribution is -2.41. The predicted octanol–water partition coefficient (Wildman–Crippen LogP) is 2.86. The molecule has 8 heteroatoms. The van der Waals surface area contributed by atoms with Gasteiger partial charge in [-0.3, -0.25) is 14.5 Å². The Bertz CT molecular complexity index is 918. The Morgan fingerprint density at radius 1 is 1.21 bits per heavy atom. The molecule has 1 amide bonds. The van der Waals surface area contributed by atoms with E-state index in [0.717, 1.165) is 11.1 Å². The zero-order chi connectivity index (χ0) is 21.0. The van der Waals surface area contributed by atoms with Gasteiger partial charge in [0.05, 0.1) is 32.9 Å². The molecule has 0 saturated heterocycles. The van der Waals surface area contributed by atoms with Crippen LogP contribution in [0.15, 0.2) is 36.4 Å². The van der Waals surface area contributed by atoms with E-state index in [0.29, 0.717) is 24.5 Å². The molecule has 1 atom stereocenters. The molecule has 1 aliphatic heterocycles. The third kappa shape index (κ3) is 4.65. The van der Waals surface area contributed by atoms with Gasteiger partial charge in [-0.2, -0.15) is 0 Å². The molecule has 0 saturated carbocycles. The van der Waals surface area contributed by atoms with Crippen molar-refractivity contribution in [2.45, 2.75) is 18.9 Å². The molecule has 0 aliphatic carbocycles. The zero-order valence-corrected chi connectivity index (χ0v) is 16.3. The fourth-order valence-corrected chi connectivity index (χ4v) is 3.61. The van der Waals surface area contributed by atoms with Crippen LogP contribution in [0.1, 0.15) is 23.6 Å². The highest BCUT2D eigenvalue weighted by Crippen LogP contribution is 2.39. The number of ether oxygens (including phenoxy) is 2.